The lowest BCUT2D eigenvalue weighted by atomic mass is 10.1. The number of hydrogen-bond donors (Lipinski definition) is 2. The van der Waals surface area contributed by atoms with Gasteiger partial charge in [-0.05, 0) is 30.7 Å². The number of fused-ring (bicyclic) bond motifs is 1. The van der Waals surface area contributed by atoms with E-state index in [9.17, 15) is 0 Å². The number of pyridine rings is 1. The summed E-state index contributed by atoms with van der Waals surface area (Å²) >= 11 is 1.75. The fraction of sp³-hybridized carbons (Fsp3) is 0.200. The monoisotopic (exact) mass is 284 g/mol. The van der Waals surface area contributed by atoms with Gasteiger partial charge in [0.15, 0.2) is 0 Å². The van der Waals surface area contributed by atoms with Crippen molar-refractivity contribution in [2.45, 2.75) is 19.9 Å². The minimum Gasteiger partial charge on any atom is -0.399 e. The molecule has 0 amide bonds. The van der Waals surface area contributed by atoms with E-state index in [1.165, 1.54) is 4.88 Å². The first-order valence-electron chi connectivity index (χ1n) is 6.58. The average molecular weight is 284 g/mol. The summed E-state index contributed by atoms with van der Waals surface area (Å²) in [4.78, 5) is 10.1. The molecule has 0 atom stereocenters. The fourth-order valence-electron chi connectivity index (χ4n) is 2.08. The molecule has 0 unspecified atom stereocenters. The average Bonchev–Trinajstić information content (AvgIpc) is 2.92. The van der Waals surface area contributed by atoms with Crippen LogP contribution in [-0.2, 0) is 13.0 Å². The topological polar surface area (TPSA) is 63.8 Å². The van der Waals surface area contributed by atoms with Crippen LogP contribution in [0.2, 0.25) is 0 Å². The molecule has 0 aliphatic rings. The van der Waals surface area contributed by atoms with Crippen molar-refractivity contribution in [3.63, 3.8) is 0 Å². The first-order chi connectivity index (χ1) is 9.76. The van der Waals surface area contributed by atoms with Crippen molar-refractivity contribution in [1.29, 1.82) is 0 Å². The van der Waals surface area contributed by atoms with E-state index in [1.807, 2.05) is 30.5 Å². The van der Waals surface area contributed by atoms with Gasteiger partial charge in [0.1, 0.15) is 5.01 Å². The summed E-state index contributed by atoms with van der Waals surface area (Å²) in [7, 11) is 0. The van der Waals surface area contributed by atoms with Crippen LogP contribution in [0.1, 0.15) is 16.8 Å². The van der Waals surface area contributed by atoms with Gasteiger partial charge >= 0.3 is 0 Å². The van der Waals surface area contributed by atoms with E-state index in [0.717, 1.165) is 40.3 Å². The molecule has 0 radical (unpaired) electrons. The van der Waals surface area contributed by atoms with Gasteiger partial charge in [0.2, 0.25) is 0 Å². The lowest BCUT2D eigenvalue weighted by molar-refractivity contribution is 1.10. The summed E-state index contributed by atoms with van der Waals surface area (Å²) in [5, 5.41) is 5.60. The summed E-state index contributed by atoms with van der Waals surface area (Å²) in [5.74, 6) is 0. The van der Waals surface area contributed by atoms with Gasteiger partial charge in [-0.25, -0.2) is 4.98 Å². The van der Waals surface area contributed by atoms with Gasteiger partial charge in [0.05, 0.1) is 12.1 Å². The summed E-state index contributed by atoms with van der Waals surface area (Å²) in [6, 6.07) is 7.76. The minimum absolute atomic E-state index is 0.730. The lowest BCUT2D eigenvalue weighted by Gasteiger charge is -2.08. The zero-order valence-corrected chi connectivity index (χ0v) is 12.1. The Hall–Kier alpha value is -2.14. The van der Waals surface area contributed by atoms with E-state index < -0.39 is 0 Å². The van der Waals surface area contributed by atoms with Crippen LogP contribution in [0, 0.1) is 0 Å². The maximum atomic E-state index is 5.79. The SMILES string of the molecule is CCc1cnc(CNc2ccnc3cc(N)ccc23)s1. The molecular weight excluding hydrogens is 268 g/mol. The van der Waals surface area contributed by atoms with Crippen LogP contribution in [0.3, 0.4) is 0 Å². The van der Waals surface area contributed by atoms with Crippen LogP contribution in [0.15, 0.2) is 36.7 Å². The third-order valence-electron chi connectivity index (χ3n) is 3.15. The molecule has 2 heterocycles. The van der Waals surface area contributed by atoms with E-state index in [1.54, 1.807) is 17.5 Å². The number of thiazole rings is 1. The third kappa shape index (κ3) is 2.58. The zero-order chi connectivity index (χ0) is 13.9. The molecule has 0 aliphatic carbocycles. The van der Waals surface area contributed by atoms with Crippen molar-refractivity contribution >= 4 is 33.6 Å². The standard InChI is InChI=1S/C15H16N4S/c1-2-11-8-19-15(20-11)9-18-13-5-6-17-14-7-10(16)3-4-12(13)14/h3-8H,2,9,16H2,1H3,(H,17,18). The highest BCUT2D eigenvalue weighted by Crippen LogP contribution is 2.24. The van der Waals surface area contributed by atoms with Crippen LogP contribution in [-0.4, -0.2) is 9.97 Å². The number of nitrogens with two attached hydrogens (primary N) is 1. The maximum absolute atomic E-state index is 5.79. The maximum Gasteiger partial charge on any atom is 0.112 e. The molecular formula is C15H16N4S. The largest absolute Gasteiger partial charge is 0.399 e. The Morgan fingerprint density at radius 2 is 2.15 bits per heavy atom. The molecule has 0 saturated carbocycles. The van der Waals surface area contributed by atoms with E-state index in [-0.39, 0.29) is 0 Å². The van der Waals surface area contributed by atoms with Crippen LogP contribution in [0.25, 0.3) is 10.9 Å². The van der Waals surface area contributed by atoms with Gasteiger partial charge in [0.25, 0.3) is 0 Å². The summed E-state index contributed by atoms with van der Waals surface area (Å²) in [6.07, 6.45) is 4.78. The van der Waals surface area contributed by atoms with Crippen LogP contribution in [0.4, 0.5) is 11.4 Å². The molecule has 3 aromatic rings. The number of nitrogens with one attached hydrogen (secondary N) is 1. The van der Waals surface area contributed by atoms with Crippen molar-refractivity contribution < 1.29 is 0 Å². The summed E-state index contributed by atoms with van der Waals surface area (Å²) in [6.45, 7) is 2.87. The van der Waals surface area contributed by atoms with Crippen molar-refractivity contribution in [3.8, 4) is 0 Å². The van der Waals surface area contributed by atoms with Crippen LogP contribution in [0.5, 0.6) is 0 Å². The third-order valence-corrected chi connectivity index (χ3v) is 4.29. The summed E-state index contributed by atoms with van der Waals surface area (Å²) in [5.41, 5.74) is 8.48. The van der Waals surface area contributed by atoms with Crippen molar-refractivity contribution in [3.05, 3.63) is 46.5 Å². The van der Waals surface area contributed by atoms with Gasteiger partial charge in [-0.2, -0.15) is 0 Å². The Balaban J connectivity index is 1.83. The van der Waals surface area contributed by atoms with E-state index in [0.29, 0.717) is 0 Å². The number of hydrogen-bond acceptors (Lipinski definition) is 5. The Kier molecular flexibility index (Phi) is 3.52. The highest BCUT2D eigenvalue weighted by atomic mass is 32.1. The number of anilines is 2. The number of aryl methyl sites for hydroxylation is 1. The van der Waals surface area contributed by atoms with Crippen molar-refractivity contribution in [2.24, 2.45) is 0 Å². The number of aromatic nitrogens is 2. The molecule has 0 bridgehead atoms. The fourth-order valence-corrected chi connectivity index (χ4v) is 2.89. The molecule has 0 fully saturated rings. The Morgan fingerprint density at radius 3 is 2.95 bits per heavy atom. The number of benzene rings is 1. The second-order valence-corrected chi connectivity index (χ2v) is 5.76. The highest BCUT2D eigenvalue weighted by molar-refractivity contribution is 7.11. The Bertz CT molecular complexity index is 736. The first kappa shape index (κ1) is 12.9. The molecule has 1 aromatic carbocycles. The number of rotatable bonds is 4. The molecule has 3 rings (SSSR count). The van der Waals surface area contributed by atoms with Gasteiger partial charge in [-0.1, -0.05) is 6.92 Å². The van der Waals surface area contributed by atoms with Gasteiger partial charge < -0.3 is 11.1 Å². The normalized spacial score (nSPS) is 10.8. The Morgan fingerprint density at radius 1 is 1.25 bits per heavy atom. The molecule has 3 N–H and O–H groups in total. The van der Waals surface area contributed by atoms with E-state index in [4.69, 9.17) is 5.73 Å². The quantitative estimate of drug-likeness (QED) is 0.720. The molecule has 0 aliphatic heterocycles. The second kappa shape index (κ2) is 5.46. The molecule has 20 heavy (non-hydrogen) atoms. The van der Waals surface area contributed by atoms with Crippen LogP contribution < -0.4 is 11.1 Å². The minimum atomic E-state index is 0.730. The van der Waals surface area contributed by atoms with Gasteiger partial charge in [-0.3, -0.25) is 4.98 Å². The van der Waals surface area contributed by atoms with Gasteiger partial charge in [-0.15, -0.1) is 11.3 Å². The Labute approximate surface area is 121 Å². The molecule has 5 heteroatoms. The van der Waals surface area contributed by atoms with Gasteiger partial charge in [0, 0.05) is 34.0 Å². The first-order valence-corrected chi connectivity index (χ1v) is 7.39. The zero-order valence-electron chi connectivity index (χ0n) is 11.3. The van der Waals surface area contributed by atoms with Crippen LogP contribution >= 0.6 is 11.3 Å². The highest BCUT2D eigenvalue weighted by Gasteiger charge is 2.04. The molecule has 102 valence electrons. The smallest absolute Gasteiger partial charge is 0.112 e. The predicted molar refractivity (Wildman–Crippen MR) is 85.0 cm³/mol. The lowest BCUT2D eigenvalue weighted by Crippen LogP contribution is -2.00. The predicted octanol–water partition coefficient (Wildman–Crippen LogP) is 3.45. The summed E-state index contributed by atoms with van der Waals surface area (Å²) < 4.78 is 0. The number of nitrogens with zero attached hydrogens (tertiary/aromatic N) is 2. The molecule has 0 saturated heterocycles. The van der Waals surface area contributed by atoms with E-state index >= 15 is 0 Å². The number of nitrogen functional groups attached to an aromatic ring is 1. The molecule has 4 nitrogen and oxygen atoms in total. The van der Waals surface area contributed by atoms with Crippen molar-refractivity contribution in [1.82, 2.24) is 9.97 Å². The molecule has 2 aromatic heterocycles. The molecule has 0 spiro atoms. The second-order valence-electron chi connectivity index (χ2n) is 4.56. The van der Waals surface area contributed by atoms with Crippen molar-refractivity contribution in [2.75, 3.05) is 11.1 Å². The van der Waals surface area contributed by atoms with E-state index in [2.05, 4.69) is 22.2 Å².